The van der Waals surface area contributed by atoms with Crippen LogP contribution in [0.2, 0.25) is 0 Å². The molecule has 1 aromatic carbocycles. The Balaban J connectivity index is 1.25. The minimum Gasteiger partial charge on any atom is -0.449 e. The number of nitrogens with one attached hydrogen (secondary N) is 1. The van der Waals surface area contributed by atoms with E-state index in [2.05, 4.69) is 15.5 Å². The Kier molecular flexibility index (Phi) is 4.16. The van der Waals surface area contributed by atoms with Crippen LogP contribution in [0.3, 0.4) is 0 Å². The molecule has 3 aromatic rings. The van der Waals surface area contributed by atoms with Gasteiger partial charge in [-0.05, 0) is 31.7 Å². The van der Waals surface area contributed by atoms with Crippen LogP contribution in [0.5, 0.6) is 0 Å². The van der Waals surface area contributed by atoms with Crippen molar-refractivity contribution in [1.29, 1.82) is 0 Å². The maximum Gasteiger partial charge on any atom is 0.358 e. The molecule has 7 heteroatoms. The van der Waals surface area contributed by atoms with E-state index >= 15 is 0 Å². The average molecular weight is 389 g/mol. The molecule has 0 radical (unpaired) electrons. The zero-order valence-corrected chi connectivity index (χ0v) is 15.6. The highest BCUT2D eigenvalue weighted by Crippen LogP contribution is 2.47. The number of carbonyl (C=O) groups is 2. The number of carbonyl (C=O) groups excluding carboxylic acids is 2. The molecule has 3 heterocycles. The fourth-order valence-electron chi connectivity index (χ4n) is 4.24. The fourth-order valence-corrected chi connectivity index (χ4v) is 4.24. The lowest BCUT2D eigenvalue weighted by molar-refractivity contribution is -0.123. The van der Waals surface area contributed by atoms with Crippen molar-refractivity contribution < 1.29 is 18.8 Å². The maximum atomic E-state index is 12.7. The summed E-state index contributed by atoms with van der Waals surface area (Å²) in [6.45, 7) is 0. The van der Waals surface area contributed by atoms with E-state index in [1.165, 1.54) is 0 Å². The van der Waals surface area contributed by atoms with E-state index in [0.29, 0.717) is 43.0 Å². The molecule has 1 spiro atoms. The Bertz CT molecular complexity index is 1070. The molecule has 2 aliphatic rings. The van der Waals surface area contributed by atoms with Crippen LogP contribution >= 0.6 is 0 Å². The predicted molar refractivity (Wildman–Crippen MR) is 104 cm³/mol. The molecule has 0 unspecified atom stereocenters. The smallest absolute Gasteiger partial charge is 0.358 e. The summed E-state index contributed by atoms with van der Waals surface area (Å²) >= 11 is 0. The van der Waals surface area contributed by atoms with E-state index in [-0.39, 0.29) is 17.8 Å². The lowest BCUT2D eigenvalue weighted by Gasteiger charge is -2.35. The predicted octanol–water partition coefficient (Wildman–Crippen LogP) is 3.93. The summed E-state index contributed by atoms with van der Waals surface area (Å²) in [7, 11) is 0. The Morgan fingerprint density at radius 2 is 1.90 bits per heavy atom. The van der Waals surface area contributed by atoms with E-state index in [1.54, 1.807) is 12.3 Å². The van der Waals surface area contributed by atoms with Gasteiger partial charge in [0.1, 0.15) is 11.3 Å². The molecular weight excluding hydrogens is 370 g/mol. The molecule has 7 nitrogen and oxygen atoms in total. The Hall–Kier alpha value is -3.48. The van der Waals surface area contributed by atoms with Gasteiger partial charge in [0.15, 0.2) is 5.69 Å². The number of nitrogens with zero attached hydrogens (tertiary/aromatic N) is 2. The number of amides is 1. The SMILES string of the molecule is O=C1O[C@]2(CC[C@H](C(=O)Nc3cc(-c4ccccc4)no3)CC2)c2cccnc21. The third-order valence-corrected chi connectivity index (χ3v) is 5.77. The van der Waals surface area contributed by atoms with Crippen LogP contribution in [0.4, 0.5) is 5.88 Å². The van der Waals surface area contributed by atoms with Gasteiger partial charge in [-0.1, -0.05) is 41.6 Å². The summed E-state index contributed by atoms with van der Waals surface area (Å²) in [5.74, 6) is -0.328. The Morgan fingerprint density at radius 3 is 2.69 bits per heavy atom. The summed E-state index contributed by atoms with van der Waals surface area (Å²) in [4.78, 5) is 29.0. The van der Waals surface area contributed by atoms with Crippen LogP contribution in [0.1, 0.15) is 41.7 Å². The highest BCUT2D eigenvalue weighted by atomic mass is 16.6. The van der Waals surface area contributed by atoms with Crippen LogP contribution < -0.4 is 5.32 Å². The van der Waals surface area contributed by atoms with Crippen LogP contribution in [0.25, 0.3) is 11.3 Å². The van der Waals surface area contributed by atoms with Gasteiger partial charge in [-0.25, -0.2) is 9.78 Å². The van der Waals surface area contributed by atoms with Gasteiger partial charge in [-0.2, -0.15) is 0 Å². The Morgan fingerprint density at radius 1 is 1.10 bits per heavy atom. The number of rotatable bonds is 3. The van der Waals surface area contributed by atoms with Gasteiger partial charge in [-0.3, -0.25) is 10.1 Å². The highest BCUT2D eigenvalue weighted by molar-refractivity contribution is 5.93. The first-order chi connectivity index (χ1) is 14.1. The van der Waals surface area contributed by atoms with Crippen LogP contribution in [0.15, 0.2) is 59.3 Å². The first-order valence-corrected chi connectivity index (χ1v) is 9.66. The van der Waals surface area contributed by atoms with E-state index in [0.717, 1.165) is 11.1 Å². The van der Waals surface area contributed by atoms with Gasteiger partial charge in [0.2, 0.25) is 11.8 Å². The lowest BCUT2D eigenvalue weighted by Crippen LogP contribution is -2.36. The van der Waals surface area contributed by atoms with Crippen molar-refractivity contribution in [3.63, 3.8) is 0 Å². The number of anilines is 1. The van der Waals surface area contributed by atoms with Crippen molar-refractivity contribution in [2.24, 2.45) is 5.92 Å². The third kappa shape index (κ3) is 3.08. The number of esters is 1. The average Bonchev–Trinajstić information content (AvgIpc) is 3.33. The van der Waals surface area contributed by atoms with E-state index < -0.39 is 5.60 Å². The van der Waals surface area contributed by atoms with Gasteiger partial charge in [-0.15, -0.1) is 0 Å². The zero-order chi connectivity index (χ0) is 19.8. The summed E-state index contributed by atoms with van der Waals surface area (Å²) in [6, 6.07) is 15.1. The number of pyridine rings is 1. The van der Waals surface area contributed by atoms with Crippen molar-refractivity contribution >= 4 is 17.8 Å². The van der Waals surface area contributed by atoms with E-state index in [1.807, 2.05) is 42.5 Å². The maximum absolute atomic E-state index is 12.7. The topological polar surface area (TPSA) is 94.3 Å². The third-order valence-electron chi connectivity index (χ3n) is 5.77. The quantitative estimate of drug-likeness (QED) is 0.682. The second kappa shape index (κ2) is 6.84. The summed E-state index contributed by atoms with van der Waals surface area (Å²) in [6.07, 6.45) is 4.03. The van der Waals surface area contributed by atoms with E-state index in [9.17, 15) is 9.59 Å². The fraction of sp³-hybridized carbons (Fsp3) is 0.273. The monoisotopic (exact) mass is 389 g/mol. The second-order valence-electron chi connectivity index (χ2n) is 7.49. The van der Waals surface area contributed by atoms with Crippen molar-refractivity contribution in [2.45, 2.75) is 31.3 Å². The van der Waals surface area contributed by atoms with Crippen molar-refractivity contribution in [3.8, 4) is 11.3 Å². The largest absolute Gasteiger partial charge is 0.449 e. The molecule has 0 saturated heterocycles. The Labute approximate surface area is 167 Å². The van der Waals surface area contributed by atoms with Crippen molar-refractivity contribution in [3.05, 3.63) is 66.0 Å². The lowest BCUT2D eigenvalue weighted by atomic mass is 9.75. The van der Waals surface area contributed by atoms with Crippen LogP contribution in [-0.4, -0.2) is 22.0 Å². The summed E-state index contributed by atoms with van der Waals surface area (Å²) < 4.78 is 11.0. The molecular formula is C22H19N3O4. The van der Waals surface area contributed by atoms with Crippen LogP contribution in [0, 0.1) is 5.92 Å². The normalized spacial score (nSPS) is 22.9. The first-order valence-electron chi connectivity index (χ1n) is 9.66. The van der Waals surface area contributed by atoms with Gasteiger partial charge in [0, 0.05) is 29.3 Å². The van der Waals surface area contributed by atoms with Gasteiger partial charge >= 0.3 is 5.97 Å². The van der Waals surface area contributed by atoms with Gasteiger partial charge in [0.05, 0.1) is 0 Å². The molecule has 1 N–H and O–H groups in total. The molecule has 29 heavy (non-hydrogen) atoms. The molecule has 0 bridgehead atoms. The molecule has 1 saturated carbocycles. The van der Waals surface area contributed by atoms with Crippen molar-refractivity contribution in [2.75, 3.05) is 5.32 Å². The summed E-state index contributed by atoms with van der Waals surface area (Å²) in [5, 5.41) is 6.84. The number of fused-ring (bicyclic) bond motifs is 2. The minimum atomic E-state index is -0.649. The molecule has 146 valence electrons. The number of hydrogen-bond donors (Lipinski definition) is 1. The molecule has 1 fully saturated rings. The molecule has 2 aromatic heterocycles. The first kappa shape index (κ1) is 17.6. The van der Waals surface area contributed by atoms with Gasteiger partial charge < -0.3 is 9.26 Å². The second-order valence-corrected chi connectivity index (χ2v) is 7.49. The molecule has 1 aliphatic heterocycles. The standard InChI is InChI=1S/C22H19N3O4/c26-20(24-18-13-17(25-29-18)14-5-2-1-3-6-14)15-8-10-22(11-9-15)16-7-4-12-23-19(16)21(27)28-22/h1-7,12-13,15H,8-11H2,(H,24,26)/t15-,22-. The molecule has 5 rings (SSSR count). The number of aromatic nitrogens is 2. The molecule has 0 atom stereocenters. The molecule has 1 amide bonds. The van der Waals surface area contributed by atoms with E-state index in [4.69, 9.17) is 9.26 Å². The van der Waals surface area contributed by atoms with Crippen molar-refractivity contribution in [1.82, 2.24) is 10.1 Å². The highest BCUT2D eigenvalue weighted by Gasteiger charge is 2.49. The minimum absolute atomic E-state index is 0.105. The number of benzene rings is 1. The molecule has 1 aliphatic carbocycles. The van der Waals surface area contributed by atoms with Crippen LogP contribution in [-0.2, 0) is 15.1 Å². The number of hydrogen-bond acceptors (Lipinski definition) is 6. The number of ether oxygens (including phenoxy) is 1. The van der Waals surface area contributed by atoms with Gasteiger partial charge in [0.25, 0.3) is 0 Å². The zero-order valence-electron chi connectivity index (χ0n) is 15.6. The summed E-state index contributed by atoms with van der Waals surface area (Å²) in [5.41, 5.74) is 2.18.